The van der Waals surface area contributed by atoms with Crippen LogP contribution in [0.4, 0.5) is 9.59 Å². The lowest BCUT2D eigenvalue weighted by Crippen LogP contribution is -2.55. The third kappa shape index (κ3) is 3.40. The number of ether oxygens (including phenoxy) is 1. The van der Waals surface area contributed by atoms with Gasteiger partial charge in [-0.3, -0.25) is 0 Å². The number of benzene rings is 1. The monoisotopic (exact) mass is 278 g/mol. The highest BCUT2D eigenvalue weighted by atomic mass is 16.6. The molecule has 1 fully saturated rings. The second-order valence-corrected chi connectivity index (χ2v) is 4.81. The minimum Gasteiger partial charge on any atom is -0.465 e. The molecule has 0 aromatic heterocycles. The molecule has 1 heterocycles. The molecule has 1 aliphatic heterocycles. The van der Waals surface area contributed by atoms with Crippen LogP contribution in [-0.4, -0.2) is 52.8 Å². The number of nitrogens with zero attached hydrogens (tertiary/aromatic N) is 2. The number of hydrogen-bond donors (Lipinski definition) is 1. The van der Waals surface area contributed by atoms with Crippen molar-refractivity contribution in [3.8, 4) is 0 Å². The number of carboxylic acid groups (broad SMARTS) is 1. The first-order chi connectivity index (χ1) is 9.58. The van der Waals surface area contributed by atoms with Crippen LogP contribution in [0.15, 0.2) is 30.3 Å². The first-order valence-electron chi connectivity index (χ1n) is 6.53. The fourth-order valence-electron chi connectivity index (χ4n) is 2.20. The minimum atomic E-state index is -0.950. The van der Waals surface area contributed by atoms with Crippen molar-refractivity contribution in [2.45, 2.75) is 19.6 Å². The molecule has 2 amide bonds. The summed E-state index contributed by atoms with van der Waals surface area (Å²) in [6.45, 7) is 3.04. The van der Waals surface area contributed by atoms with Crippen molar-refractivity contribution < 1.29 is 19.4 Å². The van der Waals surface area contributed by atoms with E-state index in [9.17, 15) is 9.59 Å². The minimum absolute atomic E-state index is 0.178. The van der Waals surface area contributed by atoms with E-state index in [1.165, 1.54) is 4.90 Å². The van der Waals surface area contributed by atoms with Gasteiger partial charge in [0.1, 0.15) is 6.61 Å². The molecule has 6 nitrogen and oxygen atoms in total. The van der Waals surface area contributed by atoms with Crippen molar-refractivity contribution in [2.75, 3.05) is 19.6 Å². The van der Waals surface area contributed by atoms with Crippen molar-refractivity contribution in [3.05, 3.63) is 35.9 Å². The van der Waals surface area contributed by atoms with E-state index in [1.807, 2.05) is 37.3 Å². The summed E-state index contributed by atoms with van der Waals surface area (Å²) >= 11 is 0. The maximum Gasteiger partial charge on any atom is 0.410 e. The molecule has 0 spiro atoms. The zero-order valence-corrected chi connectivity index (χ0v) is 11.4. The largest absolute Gasteiger partial charge is 0.465 e. The fourth-order valence-corrected chi connectivity index (χ4v) is 2.20. The lowest BCUT2D eigenvalue weighted by atomic mass is 10.2. The molecule has 1 atom stereocenters. The van der Waals surface area contributed by atoms with Gasteiger partial charge in [0.15, 0.2) is 0 Å². The van der Waals surface area contributed by atoms with E-state index in [0.29, 0.717) is 19.6 Å². The molecular weight excluding hydrogens is 260 g/mol. The Hall–Kier alpha value is -2.24. The lowest BCUT2D eigenvalue weighted by molar-refractivity contribution is 0.0474. The van der Waals surface area contributed by atoms with Gasteiger partial charge in [-0.25, -0.2) is 9.59 Å². The van der Waals surface area contributed by atoms with Gasteiger partial charge in [-0.2, -0.15) is 0 Å². The Morgan fingerprint density at radius 1 is 1.30 bits per heavy atom. The third-order valence-corrected chi connectivity index (χ3v) is 3.34. The Labute approximate surface area is 117 Å². The van der Waals surface area contributed by atoms with E-state index in [0.717, 1.165) is 5.56 Å². The van der Waals surface area contributed by atoms with Crippen LogP contribution in [0.2, 0.25) is 0 Å². The number of rotatable bonds is 2. The fraction of sp³-hybridized carbons (Fsp3) is 0.429. The van der Waals surface area contributed by atoms with Crippen molar-refractivity contribution in [1.82, 2.24) is 9.80 Å². The molecule has 1 aromatic rings. The topological polar surface area (TPSA) is 70.1 Å². The van der Waals surface area contributed by atoms with Gasteiger partial charge >= 0.3 is 12.2 Å². The Kier molecular flexibility index (Phi) is 4.45. The van der Waals surface area contributed by atoms with Crippen LogP contribution in [-0.2, 0) is 11.3 Å². The summed E-state index contributed by atoms with van der Waals surface area (Å²) in [7, 11) is 0. The molecule has 1 N–H and O–H groups in total. The molecular formula is C14H18N2O4. The van der Waals surface area contributed by atoms with E-state index in [1.54, 1.807) is 4.90 Å². The molecule has 0 unspecified atom stereocenters. The van der Waals surface area contributed by atoms with Crippen LogP contribution in [0.25, 0.3) is 0 Å². The molecule has 2 rings (SSSR count). The molecule has 0 bridgehead atoms. The Balaban J connectivity index is 1.85. The molecule has 0 radical (unpaired) electrons. The zero-order valence-electron chi connectivity index (χ0n) is 11.4. The molecule has 6 heteroatoms. The molecule has 0 aliphatic carbocycles. The molecule has 1 saturated heterocycles. The Morgan fingerprint density at radius 3 is 2.60 bits per heavy atom. The van der Waals surface area contributed by atoms with E-state index in [4.69, 9.17) is 9.84 Å². The smallest absolute Gasteiger partial charge is 0.410 e. The van der Waals surface area contributed by atoms with Crippen LogP contribution < -0.4 is 0 Å². The molecule has 0 saturated carbocycles. The molecule has 108 valence electrons. The lowest BCUT2D eigenvalue weighted by Gasteiger charge is -2.37. The highest BCUT2D eigenvalue weighted by Gasteiger charge is 2.30. The first kappa shape index (κ1) is 14.2. The van der Waals surface area contributed by atoms with Gasteiger partial charge in [0.2, 0.25) is 0 Å². The summed E-state index contributed by atoms with van der Waals surface area (Å²) in [4.78, 5) is 25.8. The second-order valence-electron chi connectivity index (χ2n) is 4.81. The molecule has 1 aromatic carbocycles. The Bertz CT molecular complexity index is 477. The van der Waals surface area contributed by atoms with Gasteiger partial charge in [0.25, 0.3) is 0 Å². The number of amides is 2. The van der Waals surface area contributed by atoms with Gasteiger partial charge in [0, 0.05) is 19.6 Å². The highest BCUT2D eigenvalue weighted by Crippen LogP contribution is 2.12. The molecule has 20 heavy (non-hydrogen) atoms. The van der Waals surface area contributed by atoms with Crippen molar-refractivity contribution >= 4 is 12.2 Å². The summed E-state index contributed by atoms with van der Waals surface area (Å²) in [5.41, 5.74) is 0.928. The third-order valence-electron chi connectivity index (χ3n) is 3.34. The van der Waals surface area contributed by atoms with Crippen LogP contribution in [0, 0.1) is 0 Å². The summed E-state index contributed by atoms with van der Waals surface area (Å²) in [6, 6.07) is 9.27. The number of piperazine rings is 1. The van der Waals surface area contributed by atoms with Crippen molar-refractivity contribution in [2.24, 2.45) is 0 Å². The van der Waals surface area contributed by atoms with E-state index >= 15 is 0 Å². The quantitative estimate of drug-likeness (QED) is 0.898. The molecule has 1 aliphatic rings. The number of carbonyl (C=O) groups is 2. The number of hydrogen-bond acceptors (Lipinski definition) is 3. The average Bonchev–Trinajstić information content (AvgIpc) is 2.45. The maximum atomic E-state index is 12.0. The van der Waals surface area contributed by atoms with E-state index in [2.05, 4.69) is 0 Å². The summed E-state index contributed by atoms with van der Waals surface area (Å²) in [5, 5.41) is 8.92. The van der Waals surface area contributed by atoms with Crippen LogP contribution >= 0.6 is 0 Å². The van der Waals surface area contributed by atoms with Crippen LogP contribution in [0.1, 0.15) is 12.5 Å². The van der Waals surface area contributed by atoms with Crippen molar-refractivity contribution in [3.63, 3.8) is 0 Å². The standard InChI is InChI=1S/C14H18N2O4/c1-11-9-15(13(17)18)7-8-16(11)14(19)20-10-12-5-3-2-4-6-12/h2-6,11H,7-10H2,1H3,(H,17,18)/t11-/m0/s1. The maximum absolute atomic E-state index is 12.0. The summed E-state index contributed by atoms with van der Waals surface area (Å²) in [6.07, 6.45) is -1.35. The average molecular weight is 278 g/mol. The zero-order chi connectivity index (χ0) is 14.5. The SMILES string of the molecule is C[C@H]1CN(C(=O)O)CCN1C(=O)OCc1ccccc1. The Morgan fingerprint density at radius 2 is 2.00 bits per heavy atom. The van der Waals surface area contributed by atoms with Crippen molar-refractivity contribution in [1.29, 1.82) is 0 Å². The first-order valence-corrected chi connectivity index (χ1v) is 6.53. The van der Waals surface area contributed by atoms with Gasteiger partial charge in [-0.1, -0.05) is 30.3 Å². The van der Waals surface area contributed by atoms with Crippen LogP contribution in [0.5, 0.6) is 0 Å². The predicted molar refractivity (Wildman–Crippen MR) is 72.4 cm³/mol. The van der Waals surface area contributed by atoms with Gasteiger partial charge in [-0.05, 0) is 12.5 Å². The summed E-state index contributed by atoms with van der Waals surface area (Å²) < 4.78 is 5.25. The number of carbonyl (C=O) groups excluding carboxylic acids is 1. The van der Waals surface area contributed by atoms with Crippen LogP contribution in [0.3, 0.4) is 0 Å². The van der Waals surface area contributed by atoms with Gasteiger partial charge < -0.3 is 19.6 Å². The van der Waals surface area contributed by atoms with Gasteiger partial charge in [0.05, 0.1) is 6.04 Å². The normalized spacial score (nSPS) is 18.8. The van der Waals surface area contributed by atoms with Gasteiger partial charge in [-0.15, -0.1) is 0 Å². The predicted octanol–water partition coefficient (Wildman–Crippen LogP) is 2.01. The summed E-state index contributed by atoms with van der Waals surface area (Å²) in [5.74, 6) is 0. The van der Waals surface area contributed by atoms with E-state index in [-0.39, 0.29) is 12.6 Å². The van der Waals surface area contributed by atoms with E-state index < -0.39 is 12.2 Å². The second kappa shape index (κ2) is 6.27. The highest BCUT2D eigenvalue weighted by molar-refractivity contribution is 5.69.